The summed E-state index contributed by atoms with van der Waals surface area (Å²) in [5.41, 5.74) is 2.42. The van der Waals surface area contributed by atoms with Gasteiger partial charge in [-0.1, -0.05) is 6.92 Å². The van der Waals surface area contributed by atoms with Gasteiger partial charge < -0.3 is 24.3 Å². The lowest BCUT2D eigenvalue weighted by molar-refractivity contribution is 0.171. The monoisotopic (exact) mass is 353 g/mol. The van der Waals surface area contributed by atoms with Gasteiger partial charge in [0.05, 0.1) is 0 Å². The predicted octanol–water partition coefficient (Wildman–Crippen LogP) is 3.44. The highest BCUT2D eigenvalue weighted by atomic mass is 16.6. The van der Waals surface area contributed by atoms with Crippen LogP contribution in [0.25, 0.3) is 11.0 Å². The maximum Gasteiger partial charge on any atom is 0.336 e. The molecule has 1 aliphatic heterocycles. The Morgan fingerprint density at radius 1 is 1.04 bits per heavy atom. The van der Waals surface area contributed by atoms with E-state index in [9.17, 15) is 9.90 Å². The highest BCUT2D eigenvalue weighted by Crippen LogP contribution is 2.33. The smallest absolute Gasteiger partial charge is 0.336 e. The summed E-state index contributed by atoms with van der Waals surface area (Å²) in [6, 6.07) is 10.5. The molecule has 2 N–H and O–H groups in total. The SMILES string of the molecule is CCc1cc2c(CNc3ccc4c(c3)OCCO4)cc(=O)oc2cc1O. The second kappa shape index (κ2) is 6.63. The van der Waals surface area contributed by atoms with E-state index >= 15 is 0 Å². The van der Waals surface area contributed by atoms with Crippen LogP contribution in [0.5, 0.6) is 17.2 Å². The normalized spacial score (nSPS) is 13.0. The van der Waals surface area contributed by atoms with Crippen molar-refractivity contribution in [3.63, 3.8) is 0 Å². The molecular formula is C20H19NO5. The van der Waals surface area contributed by atoms with Crippen LogP contribution in [0.3, 0.4) is 0 Å². The molecular weight excluding hydrogens is 334 g/mol. The van der Waals surface area contributed by atoms with Crippen molar-refractivity contribution in [2.75, 3.05) is 18.5 Å². The number of ether oxygens (including phenoxy) is 2. The zero-order valence-electron chi connectivity index (χ0n) is 14.4. The molecule has 134 valence electrons. The Morgan fingerprint density at radius 3 is 2.65 bits per heavy atom. The number of anilines is 1. The van der Waals surface area contributed by atoms with Crippen molar-refractivity contribution in [3.8, 4) is 17.2 Å². The third-order valence-corrected chi connectivity index (χ3v) is 4.44. The molecule has 26 heavy (non-hydrogen) atoms. The van der Waals surface area contributed by atoms with Gasteiger partial charge in [-0.2, -0.15) is 0 Å². The lowest BCUT2D eigenvalue weighted by Gasteiger charge is -2.19. The summed E-state index contributed by atoms with van der Waals surface area (Å²) in [5, 5.41) is 14.1. The van der Waals surface area contributed by atoms with Crippen LogP contribution in [-0.4, -0.2) is 18.3 Å². The first kappa shape index (κ1) is 16.3. The van der Waals surface area contributed by atoms with E-state index in [4.69, 9.17) is 13.9 Å². The minimum atomic E-state index is -0.444. The molecule has 0 saturated heterocycles. The lowest BCUT2D eigenvalue weighted by atomic mass is 10.0. The molecule has 0 aliphatic carbocycles. The first-order chi connectivity index (χ1) is 12.6. The van der Waals surface area contributed by atoms with Gasteiger partial charge in [0.2, 0.25) is 0 Å². The molecule has 6 nitrogen and oxygen atoms in total. The Morgan fingerprint density at radius 2 is 1.85 bits per heavy atom. The number of benzene rings is 2. The Hall–Kier alpha value is -3.15. The average Bonchev–Trinajstić information content (AvgIpc) is 2.65. The average molecular weight is 353 g/mol. The number of aromatic hydroxyl groups is 1. The molecule has 2 heterocycles. The highest BCUT2D eigenvalue weighted by molar-refractivity contribution is 5.83. The van der Waals surface area contributed by atoms with Crippen LogP contribution in [0.2, 0.25) is 0 Å². The largest absolute Gasteiger partial charge is 0.508 e. The molecule has 1 aliphatic rings. The topological polar surface area (TPSA) is 80.9 Å². The number of phenolic OH excluding ortho intramolecular Hbond substituents is 1. The number of hydrogen-bond acceptors (Lipinski definition) is 6. The highest BCUT2D eigenvalue weighted by Gasteiger charge is 2.13. The standard InChI is InChI=1S/C20H19NO5/c1-2-12-7-15-13(8-20(23)26-18(15)10-16(12)22)11-21-14-3-4-17-19(9-14)25-6-5-24-17/h3-4,7-10,21-22H,2,5-6,11H2,1H3. The molecule has 0 fully saturated rings. The summed E-state index contributed by atoms with van der Waals surface area (Å²) in [6.45, 7) is 3.49. The van der Waals surface area contributed by atoms with Gasteiger partial charge in [0.25, 0.3) is 0 Å². The van der Waals surface area contributed by atoms with E-state index in [1.165, 1.54) is 12.1 Å². The number of nitrogens with one attached hydrogen (secondary N) is 1. The lowest BCUT2D eigenvalue weighted by Crippen LogP contribution is -2.15. The summed E-state index contributed by atoms with van der Waals surface area (Å²) >= 11 is 0. The van der Waals surface area contributed by atoms with E-state index < -0.39 is 5.63 Å². The van der Waals surface area contributed by atoms with Crippen molar-refractivity contribution in [1.29, 1.82) is 0 Å². The third kappa shape index (κ3) is 3.06. The van der Waals surface area contributed by atoms with E-state index in [0.29, 0.717) is 37.5 Å². The molecule has 0 radical (unpaired) electrons. The van der Waals surface area contributed by atoms with Crippen LogP contribution in [0.4, 0.5) is 5.69 Å². The van der Waals surface area contributed by atoms with Crippen LogP contribution in [0.1, 0.15) is 18.1 Å². The van der Waals surface area contributed by atoms with Crippen LogP contribution >= 0.6 is 0 Å². The Bertz CT molecular complexity index is 1020. The maximum atomic E-state index is 11.9. The van der Waals surface area contributed by atoms with Gasteiger partial charge in [-0.3, -0.25) is 0 Å². The van der Waals surface area contributed by atoms with Gasteiger partial charge in [-0.15, -0.1) is 0 Å². The summed E-state index contributed by atoms with van der Waals surface area (Å²) in [5.74, 6) is 1.58. The van der Waals surface area contributed by atoms with Gasteiger partial charge in [-0.05, 0) is 35.7 Å². The molecule has 4 rings (SSSR count). The Balaban J connectivity index is 1.65. The van der Waals surface area contributed by atoms with E-state index in [-0.39, 0.29) is 5.75 Å². The first-order valence-electron chi connectivity index (χ1n) is 8.56. The Kier molecular flexibility index (Phi) is 4.16. The molecule has 2 aromatic carbocycles. The molecule has 3 aromatic rings. The molecule has 0 unspecified atom stereocenters. The van der Waals surface area contributed by atoms with Gasteiger partial charge in [0.15, 0.2) is 11.5 Å². The molecule has 1 aromatic heterocycles. The van der Waals surface area contributed by atoms with Crippen LogP contribution < -0.4 is 20.4 Å². The zero-order chi connectivity index (χ0) is 18.1. The second-order valence-corrected chi connectivity index (χ2v) is 6.13. The minimum Gasteiger partial charge on any atom is -0.508 e. The summed E-state index contributed by atoms with van der Waals surface area (Å²) in [6.07, 6.45) is 0.690. The summed E-state index contributed by atoms with van der Waals surface area (Å²) < 4.78 is 16.3. The Labute approximate surface area is 150 Å². The van der Waals surface area contributed by atoms with Gasteiger partial charge in [0, 0.05) is 35.8 Å². The molecule has 6 heteroatoms. The summed E-state index contributed by atoms with van der Waals surface area (Å²) in [7, 11) is 0. The van der Waals surface area contributed by atoms with Gasteiger partial charge >= 0.3 is 5.63 Å². The first-order valence-corrected chi connectivity index (χ1v) is 8.56. The number of hydrogen-bond donors (Lipinski definition) is 2. The van der Waals surface area contributed by atoms with E-state index in [1.54, 1.807) is 0 Å². The number of aryl methyl sites for hydroxylation is 1. The minimum absolute atomic E-state index is 0.139. The fraction of sp³-hybridized carbons (Fsp3) is 0.250. The number of fused-ring (bicyclic) bond motifs is 2. The third-order valence-electron chi connectivity index (χ3n) is 4.44. The van der Waals surface area contributed by atoms with Crippen molar-refractivity contribution in [2.24, 2.45) is 0 Å². The summed E-state index contributed by atoms with van der Waals surface area (Å²) in [4.78, 5) is 11.9. The predicted molar refractivity (Wildman–Crippen MR) is 98.3 cm³/mol. The second-order valence-electron chi connectivity index (χ2n) is 6.13. The van der Waals surface area contributed by atoms with Crippen LogP contribution in [0, 0.1) is 0 Å². The molecule has 0 atom stereocenters. The van der Waals surface area contributed by atoms with E-state index in [2.05, 4.69) is 5.32 Å². The molecule has 0 spiro atoms. The van der Waals surface area contributed by atoms with E-state index in [1.807, 2.05) is 31.2 Å². The van der Waals surface area contributed by atoms with Crippen molar-refractivity contribution in [3.05, 3.63) is 57.9 Å². The van der Waals surface area contributed by atoms with Crippen molar-refractivity contribution in [2.45, 2.75) is 19.9 Å². The van der Waals surface area contributed by atoms with Crippen molar-refractivity contribution >= 4 is 16.7 Å². The van der Waals surface area contributed by atoms with Crippen LogP contribution in [0.15, 0.2) is 45.6 Å². The van der Waals surface area contributed by atoms with Crippen LogP contribution in [-0.2, 0) is 13.0 Å². The van der Waals surface area contributed by atoms with E-state index in [0.717, 1.165) is 28.0 Å². The fourth-order valence-corrected chi connectivity index (χ4v) is 3.09. The maximum absolute atomic E-state index is 11.9. The number of phenols is 1. The zero-order valence-corrected chi connectivity index (χ0v) is 14.4. The fourth-order valence-electron chi connectivity index (χ4n) is 3.09. The van der Waals surface area contributed by atoms with Crippen molar-refractivity contribution in [1.82, 2.24) is 0 Å². The molecule has 0 saturated carbocycles. The molecule has 0 bridgehead atoms. The van der Waals surface area contributed by atoms with Gasteiger partial charge in [0.1, 0.15) is 24.5 Å². The van der Waals surface area contributed by atoms with Crippen molar-refractivity contribution < 1.29 is 19.0 Å². The molecule has 0 amide bonds. The quantitative estimate of drug-likeness (QED) is 0.699. The van der Waals surface area contributed by atoms with Gasteiger partial charge in [-0.25, -0.2) is 4.79 Å². The number of rotatable bonds is 4.